The van der Waals surface area contributed by atoms with Gasteiger partial charge in [-0.05, 0) is 18.6 Å². The molecular weight excluding hydrogens is 362 g/mol. The summed E-state index contributed by atoms with van der Waals surface area (Å²) < 4.78 is 36.9. The minimum Gasteiger partial charge on any atom is -0.486 e. The summed E-state index contributed by atoms with van der Waals surface area (Å²) in [5.41, 5.74) is 0. The predicted octanol–water partition coefficient (Wildman–Crippen LogP) is 1.65. The number of rotatable bonds is 4. The van der Waals surface area contributed by atoms with E-state index in [4.69, 9.17) is 9.47 Å². The van der Waals surface area contributed by atoms with Crippen molar-refractivity contribution in [2.24, 2.45) is 7.05 Å². The Bertz CT molecular complexity index is 881. The number of aromatic nitrogens is 3. The largest absolute Gasteiger partial charge is 0.486 e. The summed E-state index contributed by atoms with van der Waals surface area (Å²) in [4.78, 5) is 0. The molecule has 4 rings (SSSR count). The molecule has 134 valence electrons. The van der Waals surface area contributed by atoms with Crippen molar-refractivity contribution in [2.75, 3.05) is 23.9 Å². The molecule has 0 aliphatic carbocycles. The molecule has 25 heavy (non-hydrogen) atoms. The first-order chi connectivity index (χ1) is 12.0. The summed E-state index contributed by atoms with van der Waals surface area (Å²) in [7, 11) is -1.05. The lowest BCUT2D eigenvalue weighted by Gasteiger charge is -2.25. The van der Waals surface area contributed by atoms with Crippen LogP contribution in [-0.2, 0) is 16.9 Å². The van der Waals surface area contributed by atoms with E-state index in [0.29, 0.717) is 18.8 Å². The van der Waals surface area contributed by atoms with Gasteiger partial charge in [0.05, 0.1) is 11.5 Å². The molecule has 2 aromatic rings. The highest BCUT2D eigenvalue weighted by Gasteiger charge is 2.32. The second-order valence-corrected chi connectivity index (χ2v) is 9.52. The maximum absolute atomic E-state index is 11.7. The van der Waals surface area contributed by atoms with Gasteiger partial charge in [-0.25, -0.2) is 8.42 Å². The number of ether oxygens (including phenoxy) is 2. The lowest BCUT2D eigenvalue weighted by Crippen LogP contribution is -2.31. The Balaban J connectivity index is 1.40. The van der Waals surface area contributed by atoms with Gasteiger partial charge in [0, 0.05) is 18.7 Å². The molecule has 0 N–H and O–H groups in total. The molecular formula is C16H19N3O4S2. The number of nitrogens with zero attached hydrogens (tertiary/aromatic N) is 3. The van der Waals surface area contributed by atoms with E-state index in [1.54, 1.807) is 11.8 Å². The topological polar surface area (TPSA) is 83.3 Å². The minimum absolute atomic E-state index is 0.0574. The summed E-state index contributed by atoms with van der Waals surface area (Å²) in [5.74, 6) is 3.30. The van der Waals surface area contributed by atoms with E-state index < -0.39 is 9.84 Å². The van der Waals surface area contributed by atoms with Crippen LogP contribution >= 0.6 is 11.8 Å². The first-order valence-electron chi connectivity index (χ1n) is 8.13. The summed E-state index contributed by atoms with van der Waals surface area (Å²) in [6, 6.07) is 7.63. The van der Waals surface area contributed by atoms with Crippen molar-refractivity contribution in [1.29, 1.82) is 0 Å². The zero-order valence-corrected chi connectivity index (χ0v) is 15.4. The molecule has 2 aliphatic rings. The normalized spacial score (nSPS) is 24.4. The Morgan fingerprint density at radius 1 is 1.28 bits per heavy atom. The highest BCUT2D eigenvalue weighted by molar-refractivity contribution is 7.99. The maximum atomic E-state index is 11.7. The van der Waals surface area contributed by atoms with E-state index in [2.05, 4.69) is 10.2 Å². The third-order valence-corrected chi connectivity index (χ3v) is 7.35. The lowest BCUT2D eigenvalue weighted by atomic mass is 10.1. The van der Waals surface area contributed by atoms with Crippen LogP contribution in [0.15, 0.2) is 29.4 Å². The third-order valence-electron chi connectivity index (χ3n) is 4.43. The second kappa shape index (κ2) is 6.53. The zero-order chi connectivity index (χ0) is 17.4. The molecule has 3 heterocycles. The van der Waals surface area contributed by atoms with E-state index in [1.165, 1.54) is 0 Å². The number of para-hydroxylation sites is 2. The monoisotopic (exact) mass is 381 g/mol. The van der Waals surface area contributed by atoms with Gasteiger partial charge in [-0.3, -0.25) is 0 Å². The summed E-state index contributed by atoms with van der Waals surface area (Å²) in [6.07, 6.45) is 0.557. The quantitative estimate of drug-likeness (QED) is 0.745. The van der Waals surface area contributed by atoms with Crippen molar-refractivity contribution < 1.29 is 17.9 Å². The molecule has 0 amide bonds. The van der Waals surface area contributed by atoms with Gasteiger partial charge in [-0.2, -0.15) is 0 Å². The van der Waals surface area contributed by atoms with Crippen LogP contribution in [0.1, 0.15) is 18.2 Å². The molecule has 7 nitrogen and oxygen atoms in total. The first-order valence-corrected chi connectivity index (χ1v) is 10.9. The maximum Gasteiger partial charge on any atom is 0.191 e. The average Bonchev–Trinajstić information content (AvgIpc) is 3.14. The van der Waals surface area contributed by atoms with Crippen molar-refractivity contribution in [3.05, 3.63) is 30.1 Å². The highest BCUT2D eigenvalue weighted by Crippen LogP contribution is 2.33. The molecule has 0 spiro atoms. The van der Waals surface area contributed by atoms with Crippen molar-refractivity contribution >= 4 is 21.6 Å². The fourth-order valence-corrected chi connectivity index (χ4v) is 5.74. The Kier molecular flexibility index (Phi) is 4.36. The number of hydrogen-bond acceptors (Lipinski definition) is 7. The average molecular weight is 381 g/mol. The molecule has 9 heteroatoms. The van der Waals surface area contributed by atoms with Crippen LogP contribution in [0.4, 0.5) is 0 Å². The van der Waals surface area contributed by atoms with Gasteiger partial charge >= 0.3 is 0 Å². The third kappa shape index (κ3) is 3.48. The van der Waals surface area contributed by atoms with E-state index in [0.717, 1.165) is 22.5 Å². The SMILES string of the molecule is Cn1c(SC[C@@H]2COc3ccccc3O2)nnc1[C@@H]1CCS(=O)(=O)C1. The molecule has 0 radical (unpaired) electrons. The minimum atomic E-state index is -2.93. The first kappa shape index (κ1) is 16.7. The molecule has 0 unspecified atom stereocenters. The molecule has 0 bridgehead atoms. The van der Waals surface area contributed by atoms with Gasteiger partial charge in [0.15, 0.2) is 26.5 Å². The van der Waals surface area contributed by atoms with Crippen molar-refractivity contribution in [1.82, 2.24) is 14.8 Å². The van der Waals surface area contributed by atoms with Gasteiger partial charge in [0.2, 0.25) is 0 Å². The molecule has 2 aliphatic heterocycles. The number of hydrogen-bond donors (Lipinski definition) is 0. The van der Waals surface area contributed by atoms with Crippen LogP contribution in [0.5, 0.6) is 11.5 Å². The summed E-state index contributed by atoms with van der Waals surface area (Å²) in [5, 5.41) is 9.21. The van der Waals surface area contributed by atoms with Gasteiger partial charge < -0.3 is 14.0 Å². The van der Waals surface area contributed by atoms with E-state index >= 15 is 0 Å². The molecule has 1 saturated heterocycles. The van der Waals surface area contributed by atoms with Crippen LogP contribution in [-0.4, -0.2) is 53.2 Å². The number of sulfone groups is 1. The summed E-state index contributed by atoms with van der Waals surface area (Å²) in [6.45, 7) is 0.496. The van der Waals surface area contributed by atoms with Crippen molar-refractivity contribution in [3.63, 3.8) is 0 Å². The molecule has 1 fully saturated rings. The van der Waals surface area contributed by atoms with Gasteiger partial charge in [-0.1, -0.05) is 23.9 Å². The summed E-state index contributed by atoms with van der Waals surface area (Å²) >= 11 is 1.54. The fraction of sp³-hybridized carbons (Fsp3) is 0.500. The van der Waals surface area contributed by atoms with Crippen LogP contribution in [0, 0.1) is 0 Å². The predicted molar refractivity (Wildman–Crippen MR) is 94.1 cm³/mol. The molecule has 2 atom stereocenters. The molecule has 0 saturated carbocycles. The standard InChI is InChI=1S/C16H19N3O4S2/c1-19-15(11-6-7-25(20,21)10-11)17-18-16(19)24-9-12-8-22-13-4-2-3-5-14(13)23-12/h2-5,11-12H,6-10H2,1H3/t11-,12+/m1/s1. The Labute approximate surface area is 150 Å². The Morgan fingerprint density at radius 2 is 2.08 bits per heavy atom. The molecule has 1 aromatic carbocycles. The molecule has 1 aromatic heterocycles. The zero-order valence-electron chi connectivity index (χ0n) is 13.8. The number of thioether (sulfide) groups is 1. The Morgan fingerprint density at radius 3 is 2.84 bits per heavy atom. The van der Waals surface area contributed by atoms with Crippen LogP contribution in [0.3, 0.4) is 0 Å². The fourth-order valence-electron chi connectivity index (χ4n) is 3.12. The van der Waals surface area contributed by atoms with Gasteiger partial charge in [0.1, 0.15) is 18.5 Å². The van der Waals surface area contributed by atoms with Crippen LogP contribution in [0.2, 0.25) is 0 Å². The van der Waals surface area contributed by atoms with E-state index in [9.17, 15) is 8.42 Å². The Hall–Kier alpha value is -1.74. The van der Waals surface area contributed by atoms with Crippen molar-refractivity contribution in [3.8, 4) is 11.5 Å². The number of fused-ring (bicyclic) bond motifs is 1. The van der Waals surface area contributed by atoms with Crippen LogP contribution < -0.4 is 9.47 Å². The second-order valence-electron chi connectivity index (χ2n) is 6.31. The van der Waals surface area contributed by atoms with Gasteiger partial charge in [-0.15, -0.1) is 10.2 Å². The van der Waals surface area contributed by atoms with Gasteiger partial charge in [0.25, 0.3) is 0 Å². The number of benzene rings is 1. The van der Waals surface area contributed by atoms with E-state index in [-0.39, 0.29) is 23.5 Å². The smallest absolute Gasteiger partial charge is 0.191 e. The van der Waals surface area contributed by atoms with Crippen molar-refractivity contribution in [2.45, 2.75) is 23.6 Å². The highest BCUT2D eigenvalue weighted by atomic mass is 32.2. The lowest BCUT2D eigenvalue weighted by molar-refractivity contribution is 0.107. The van der Waals surface area contributed by atoms with Crippen LogP contribution in [0.25, 0.3) is 0 Å². The van der Waals surface area contributed by atoms with E-state index in [1.807, 2.05) is 35.9 Å².